The molecule has 0 aliphatic carbocycles. The zero-order valence-electron chi connectivity index (χ0n) is 12.8. The Labute approximate surface area is 134 Å². The van der Waals surface area contributed by atoms with E-state index in [1.807, 2.05) is 42.1 Å². The molecule has 2 N–H and O–H groups in total. The highest BCUT2D eigenvalue weighted by atomic mass is 32.2. The molecule has 0 unspecified atom stereocenters. The topological polar surface area (TPSA) is 89.1 Å². The zero-order chi connectivity index (χ0) is 16.6. The lowest BCUT2D eigenvalue weighted by atomic mass is 10.1. The van der Waals surface area contributed by atoms with Crippen LogP contribution in [0.3, 0.4) is 0 Å². The molecule has 23 heavy (non-hydrogen) atoms. The fourth-order valence-corrected chi connectivity index (χ4v) is 3.58. The van der Waals surface area contributed by atoms with Crippen LogP contribution in [0.4, 0.5) is 0 Å². The summed E-state index contributed by atoms with van der Waals surface area (Å²) in [5, 5.41) is 15.1. The van der Waals surface area contributed by atoms with Crippen LogP contribution in [0.15, 0.2) is 47.8 Å². The molecule has 0 fully saturated rings. The molecule has 0 aliphatic rings. The van der Waals surface area contributed by atoms with Crippen molar-refractivity contribution in [3.63, 3.8) is 0 Å². The van der Waals surface area contributed by atoms with E-state index in [0.717, 1.165) is 10.9 Å². The van der Waals surface area contributed by atoms with Gasteiger partial charge in [-0.15, -0.1) is 0 Å². The van der Waals surface area contributed by atoms with E-state index in [1.165, 1.54) is 17.1 Å². The van der Waals surface area contributed by atoms with Gasteiger partial charge in [-0.05, 0) is 6.07 Å². The number of aliphatic hydroxyl groups excluding tert-OH is 1. The molecule has 2 heterocycles. The first-order valence-corrected chi connectivity index (χ1v) is 8.57. The van der Waals surface area contributed by atoms with Crippen molar-refractivity contribution in [1.82, 2.24) is 19.1 Å². The number of aryl methyl sites for hydroxylation is 2. The smallest absolute Gasteiger partial charge is 0.243 e. The molecule has 2 aromatic heterocycles. The second kappa shape index (κ2) is 5.80. The van der Waals surface area contributed by atoms with Crippen molar-refractivity contribution in [3.05, 3.63) is 48.4 Å². The summed E-state index contributed by atoms with van der Waals surface area (Å²) < 4.78 is 30.1. The van der Waals surface area contributed by atoms with E-state index in [9.17, 15) is 13.5 Å². The number of hydrogen-bond acceptors (Lipinski definition) is 4. The summed E-state index contributed by atoms with van der Waals surface area (Å²) in [5.41, 5.74) is 1.67. The molecule has 8 heteroatoms. The van der Waals surface area contributed by atoms with Crippen molar-refractivity contribution in [2.45, 2.75) is 11.0 Å². The Bertz CT molecular complexity index is 943. The van der Waals surface area contributed by atoms with E-state index < -0.39 is 16.1 Å². The second-order valence-electron chi connectivity index (χ2n) is 5.43. The Kier molecular flexibility index (Phi) is 3.97. The lowest BCUT2D eigenvalue weighted by molar-refractivity contribution is 0.183. The van der Waals surface area contributed by atoms with Crippen LogP contribution in [-0.2, 0) is 24.1 Å². The van der Waals surface area contributed by atoms with E-state index in [4.69, 9.17) is 0 Å². The minimum absolute atomic E-state index is 0.0742. The van der Waals surface area contributed by atoms with Crippen LogP contribution in [0, 0.1) is 0 Å². The van der Waals surface area contributed by atoms with Crippen LogP contribution < -0.4 is 4.72 Å². The fourth-order valence-electron chi connectivity index (χ4n) is 2.56. The number of aliphatic hydroxyl groups is 1. The normalized spacial score (nSPS) is 13.5. The minimum atomic E-state index is -3.69. The van der Waals surface area contributed by atoms with Gasteiger partial charge in [0, 0.05) is 49.5 Å². The summed E-state index contributed by atoms with van der Waals surface area (Å²) in [6.07, 6.45) is 3.56. The number of nitrogens with zero attached hydrogens (tertiary/aromatic N) is 3. The van der Waals surface area contributed by atoms with Crippen LogP contribution in [0.25, 0.3) is 10.9 Å². The zero-order valence-corrected chi connectivity index (χ0v) is 13.7. The predicted molar refractivity (Wildman–Crippen MR) is 86.3 cm³/mol. The van der Waals surface area contributed by atoms with Crippen LogP contribution in [0.5, 0.6) is 0 Å². The average molecular weight is 334 g/mol. The van der Waals surface area contributed by atoms with Crippen molar-refractivity contribution < 1.29 is 13.5 Å². The first-order chi connectivity index (χ1) is 10.9. The summed E-state index contributed by atoms with van der Waals surface area (Å²) in [5.74, 6) is 0. The van der Waals surface area contributed by atoms with Crippen LogP contribution in [0.1, 0.15) is 11.7 Å². The SMILES string of the molecule is Cn1cc(S(=O)(=O)NC[C@@H](O)c2cn(C)c3ccccc23)cn1. The first-order valence-electron chi connectivity index (χ1n) is 7.09. The number of fused-ring (bicyclic) bond motifs is 1. The number of sulfonamides is 1. The van der Waals surface area contributed by atoms with Gasteiger partial charge in [-0.3, -0.25) is 4.68 Å². The van der Waals surface area contributed by atoms with Crippen molar-refractivity contribution in [2.24, 2.45) is 14.1 Å². The lowest BCUT2D eigenvalue weighted by Crippen LogP contribution is -2.28. The Morgan fingerprint density at radius 2 is 2.00 bits per heavy atom. The third kappa shape index (κ3) is 3.00. The molecule has 0 saturated carbocycles. The number of hydrogen-bond donors (Lipinski definition) is 2. The van der Waals surface area contributed by atoms with E-state index in [2.05, 4.69) is 9.82 Å². The van der Waals surface area contributed by atoms with Gasteiger partial charge in [0.2, 0.25) is 10.0 Å². The Morgan fingerprint density at radius 3 is 2.70 bits per heavy atom. The van der Waals surface area contributed by atoms with E-state index in [-0.39, 0.29) is 11.4 Å². The highest BCUT2D eigenvalue weighted by molar-refractivity contribution is 7.89. The summed E-state index contributed by atoms with van der Waals surface area (Å²) in [7, 11) is -0.159. The van der Waals surface area contributed by atoms with E-state index in [0.29, 0.717) is 5.56 Å². The standard InChI is InChI=1S/C15H18N4O3S/c1-18-10-13(12-5-3-4-6-14(12)18)15(20)8-17-23(21,22)11-7-16-19(2)9-11/h3-7,9-10,15,17,20H,8H2,1-2H3/t15-/m1/s1. The van der Waals surface area contributed by atoms with E-state index in [1.54, 1.807) is 7.05 Å². The third-order valence-electron chi connectivity index (χ3n) is 3.74. The fraction of sp³-hybridized carbons (Fsp3) is 0.267. The van der Waals surface area contributed by atoms with Crippen molar-refractivity contribution in [2.75, 3.05) is 6.54 Å². The summed E-state index contributed by atoms with van der Waals surface area (Å²) in [6, 6.07) is 7.66. The molecule has 0 saturated heterocycles. The summed E-state index contributed by atoms with van der Waals surface area (Å²) in [6.45, 7) is -0.106. The van der Waals surface area contributed by atoms with Gasteiger partial charge in [-0.25, -0.2) is 13.1 Å². The number of nitrogens with one attached hydrogen (secondary N) is 1. The summed E-state index contributed by atoms with van der Waals surface area (Å²) in [4.78, 5) is 0.0742. The predicted octanol–water partition coefficient (Wildman–Crippen LogP) is 0.924. The molecule has 1 aromatic carbocycles. The maximum atomic E-state index is 12.2. The van der Waals surface area contributed by atoms with Gasteiger partial charge in [0.15, 0.2) is 0 Å². The lowest BCUT2D eigenvalue weighted by Gasteiger charge is -2.11. The molecule has 0 radical (unpaired) electrons. The molecule has 122 valence electrons. The second-order valence-corrected chi connectivity index (χ2v) is 7.20. The van der Waals surface area contributed by atoms with Gasteiger partial charge in [-0.1, -0.05) is 18.2 Å². The van der Waals surface area contributed by atoms with Crippen molar-refractivity contribution >= 4 is 20.9 Å². The molecule has 3 rings (SSSR count). The Balaban J connectivity index is 1.80. The molecular weight excluding hydrogens is 316 g/mol. The number of benzene rings is 1. The summed E-state index contributed by atoms with van der Waals surface area (Å²) >= 11 is 0. The van der Waals surface area contributed by atoms with Gasteiger partial charge in [-0.2, -0.15) is 5.10 Å². The average Bonchev–Trinajstić information content (AvgIpc) is 3.10. The van der Waals surface area contributed by atoms with Crippen molar-refractivity contribution in [3.8, 4) is 0 Å². The van der Waals surface area contributed by atoms with Gasteiger partial charge in [0.1, 0.15) is 4.90 Å². The molecule has 0 spiro atoms. The van der Waals surface area contributed by atoms with Crippen LogP contribution in [-0.4, -0.2) is 34.4 Å². The number of aromatic nitrogens is 3. The quantitative estimate of drug-likeness (QED) is 0.726. The van der Waals surface area contributed by atoms with Crippen LogP contribution >= 0.6 is 0 Å². The van der Waals surface area contributed by atoms with Gasteiger partial charge in [0.25, 0.3) is 0 Å². The molecule has 3 aromatic rings. The third-order valence-corrected chi connectivity index (χ3v) is 5.12. The van der Waals surface area contributed by atoms with Crippen LogP contribution in [0.2, 0.25) is 0 Å². The highest BCUT2D eigenvalue weighted by Crippen LogP contribution is 2.25. The maximum Gasteiger partial charge on any atom is 0.243 e. The van der Waals surface area contributed by atoms with E-state index >= 15 is 0 Å². The largest absolute Gasteiger partial charge is 0.387 e. The van der Waals surface area contributed by atoms with Crippen molar-refractivity contribution in [1.29, 1.82) is 0 Å². The molecule has 7 nitrogen and oxygen atoms in total. The maximum absolute atomic E-state index is 12.2. The Morgan fingerprint density at radius 1 is 1.26 bits per heavy atom. The van der Waals surface area contributed by atoms with Gasteiger partial charge in [0.05, 0.1) is 12.3 Å². The highest BCUT2D eigenvalue weighted by Gasteiger charge is 2.20. The van der Waals surface area contributed by atoms with Gasteiger partial charge >= 0.3 is 0 Å². The monoisotopic (exact) mass is 334 g/mol. The molecule has 0 amide bonds. The number of rotatable bonds is 5. The molecule has 0 bridgehead atoms. The Hall–Kier alpha value is -2.16. The molecule has 1 atom stereocenters. The minimum Gasteiger partial charge on any atom is -0.387 e. The number of para-hydroxylation sites is 1. The van der Waals surface area contributed by atoms with Gasteiger partial charge < -0.3 is 9.67 Å². The molecule has 0 aliphatic heterocycles. The molecular formula is C15H18N4O3S. The first kappa shape index (κ1) is 15.7.